The van der Waals surface area contributed by atoms with Crippen LogP contribution in [0.1, 0.15) is 19.5 Å². The second-order valence-electron chi connectivity index (χ2n) is 3.81. The normalized spacial score (nSPS) is 11.7. The van der Waals surface area contributed by atoms with Gasteiger partial charge in [0.15, 0.2) is 0 Å². The van der Waals surface area contributed by atoms with Crippen molar-refractivity contribution in [3.05, 3.63) is 23.2 Å². The first-order valence-corrected chi connectivity index (χ1v) is 5.56. The Morgan fingerprint density at radius 3 is 2.69 bits per heavy atom. The number of nitrogens with zero attached hydrogens (tertiary/aromatic N) is 2. The zero-order chi connectivity index (χ0) is 9.90. The SMILES string of the molecule is CC(C)(CBr)Cc1cncc(Cl)n1. The van der Waals surface area contributed by atoms with Gasteiger partial charge in [0.2, 0.25) is 0 Å². The highest BCUT2D eigenvalue weighted by atomic mass is 79.9. The molecule has 0 fully saturated rings. The van der Waals surface area contributed by atoms with E-state index in [1.807, 2.05) is 0 Å². The molecular weight excluding hydrogens is 251 g/mol. The van der Waals surface area contributed by atoms with E-state index in [4.69, 9.17) is 11.6 Å². The number of aromatic nitrogens is 2. The molecule has 0 aliphatic rings. The third-order valence-corrected chi connectivity index (χ3v) is 3.38. The molecule has 0 aromatic carbocycles. The fourth-order valence-corrected chi connectivity index (χ4v) is 1.37. The van der Waals surface area contributed by atoms with Gasteiger partial charge in [0.05, 0.1) is 11.9 Å². The Morgan fingerprint density at radius 2 is 2.15 bits per heavy atom. The summed E-state index contributed by atoms with van der Waals surface area (Å²) in [4.78, 5) is 8.18. The molecule has 2 nitrogen and oxygen atoms in total. The Bertz CT molecular complexity index is 289. The number of alkyl halides is 1. The van der Waals surface area contributed by atoms with Crippen LogP contribution in [0.4, 0.5) is 0 Å². The summed E-state index contributed by atoms with van der Waals surface area (Å²) in [6.45, 7) is 4.34. The van der Waals surface area contributed by atoms with Crippen molar-refractivity contribution in [2.45, 2.75) is 20.3 Å². The highest BCUT2D eigenvalue weighted by molar-refractivity contribution is 9.09. The van der Waals surface area contributed by atoms with Gasteiger partial charge in [-0.25, -0.2) is 4.98 Å². The van der Waals surface area contributed by atoms with E-state index in [9.17, 15) is 0 Å². The lowest BCUT2D eigenvalue weighted by molar-refractivity contribution is 0.419. The van der Waals surface area contributed by atoms with E-state index < -0.39 is 0 Å². The van der Waals surface area contributed by atoms with Gasteiger partial charge in [-0.15, -0.1) is 0 Å². The van der Waals surface area contributed by atoms with Gasteiger partial charge >= 0.3 is 0 Å². The number of hydrogen-bond acceptors (Lipinski definition) is 2. The lowest BCUT2D eigenvalue weighted by Gasteiger charge is -2.20. The zero-order valence-corrected chi connectivity index (χ0v) is 10.1. The van der Waals surface area contributed by atoms with Crippen LogP contribution in [0.5, 0.6) is 0 Å². The van der Waals surface area contributed by atoms with Crippen molar-refractivity contribution in [2.24, 2.45) is 5.41 Å². The number of hydrogen-bond donors (Lipinski definition) is 0. The molecule has 0 N–H and O–H groups in total. The lowest BCUT2D eigenvalue weighted by atomic mass is 9.91. The Labute approximate surface area is 91.9 Å². The standard InChI is InChI=1S/C9H12BrClN2/c1-9(2,6-10)3-7-4-12-5-8(11)13-7/h4-5H,3,6H2,1-2H3. The van der Waals surface area contributed by atoms with E-state index in [-0.39, 0.29) is 5.41 Å². The fraction of sp³-hybridized carbons (Fsp3) is 0.556. The minimum atomic E-state index is 0.194. The summed E-state index contributed by atoms with van der Waals surface area (Å²) in [5.41, 5.74) is 1.14. The van der Waals surface area contributed by atoms with E-state index >= 15 is 0 Å². The Morgan fingerprint density at radius 1 is 1.46 bits per heavy atom. The topological polar surface area (TPSA) is 25.8 Å². The van der Waals surface area contributed by atoms with Crippen LogP contribution in [0.2, 0.25) is 5.15 Å². The molecule has 72 valence electrons. The predicted octanol–water partition coefficient (Wildman–Crippen LogP) is 3.09. The molecule has 0 atom stereocenters. The van der Waals surface area contributed by atoms with E-state index in [0.717, 1.165) is 17.4 Å². The molecule has 0 saturated heterocycles. The zero-order valence-electron chi connectivity index (χ0n) is 7.72. The van der Waals surface area contributed by atoms with Gasteiger partial charge in [-0.2, -0.15) is 0 Å². The first-order valence-electron chi connectivity index (χ1n) is 4.06. The van der Waals surface area contributed by atoms with Crippen molar-refractivity contribution < 1.29 is 0 Å². The van der Waals surface area contributed by atoms with Crippen molar-refractivity contribution >= 4 is 27.5 Å². The molecule has 1 aromatic rings. The third-order valence-electron chi connectivity index (χ3n) is 1.68. The van der Waals surface area contributed by atoms with Crippen LogP contribution in [-0.2, 0) is 6.42 Å². The number of halogens is 2. The first kappa shape index (κ1) is 10.9. The Kier molecular flexibility index (Phi) is 3.68. The van der Waals surface area contributed by atoms with E-state index in [2.05, 4.69) is 39.7 Å². The molecule has 1 heterocycles. The van der Waals surface area contributed by atoms with Crippen molar-refractivity contribution in [1.29, 1.82) is 0 Å². The summed E-state index contributed by atoms with van der Waals surface area (Å²) in [6, 6.07) is 0. The van der Waals surface area contributed by atoms with Crippen LogP contribution >= 0.6 is 27.5 Å². The van der Waals surface area contributed by atoms with E-state index in [1.54, 1.807) is 12.4 Å². The van der Waals surface area contributed by atoms with Crippen LogP contribution in [0.15, 0.2) is 12.4 Å². The van der Waals surface area contributed by atoms with E-state index in [1.165, 1.54) is 0 Å². The highest BCUT2D eigenvalue weighted by Crippen LogP contribution is 2.23. The van der Waals surface area contributed by atoms with E-state index in [0.29, 0.717) is 5.15 Å². The molecule has 0 aliphatic carbocycles. The second kappa shape index (κ2) is 4.38. The van der Waals surface area contributed by atoms with Gasteiger partial charge < -0.3 is 0 Å². The second-order valence-corrected chi connectivity index (χ2v) is 4.76. The van der Waals surface area contributed by atoms with Gasteiger partial charge in [-0.05, 0) is 11.8 Å². The summed E-state index contributed by atoms with van der Waals surface area (Å²) in [5.74, 6) is 0. The van der Waals surface area contributed by atoms with Crippen LogP contribution < -0.4 is 0 Å². The Balaban J connectivity index is 2.74. The van der Waals surface area contributed by atoms with Crippen LogP contribution in [0.3, 0.4) is 0 Å². The maximum Gasteiger partial charge on any atom is 0.147 e. The van der Waals surface area contributed by atoms with Crippen LogP contribution in [0.25, 0.3) is 0 Å². The highest BCUT2D eigenvalue weighted by Gasteiger charge is 2.17. The predicted molar refractivity (Wildman–Crippen MR) is 58.3 cm³/mol. The molecule has 0 radical (unpaired) electrons. The third kappa shape index (κ3) is 3.61. The Hall–Kier alpha value is -0.150. The molecule has 0 saturated carbocycles. The van der Waals surface area contributed by atoms with Gasteiger partial charge in [0.1, 0.15) is 5.15 Å². The molecule has 1 rings (SSSR count). The van der Waals surface area contributed by atoms with Crippen molar-refractivity contribution in [3.8, 4) is 0 Å². The van der Waals surface area contributed by atoms with Crippen molar-refractivity contribution in [3.63, 3.8) is 0 Å². The van der Waals surface area contributed by atoms with Crippen molar-refractivity contribution in [2.75, 3.05) is 5.33 Å². The quantitative estimate of drug-likeness (QED) is 0.783. The summed E-state index contributed by atoms with van der Waals surface area (Å²) in [6.07, 6.45) is 4.19. The maximum absolute atomic E-state index is 5.73. The lowest BCUT2D eigenvalue weighted by Crippen LogP contribution is -2.17. The van der Waals surface area contributed by atoms with Crippen LogP contribution in [0, 0.1) is 5.41 Å². The molecule has 4 heteroatoms. The minimum absolute atomic E-state index is 0.194. The van der Waals surface area contributed by atoms with Crippen LogP contribution in [-0.4, -0.2) is 15.3 Å². The summed E-state index contributed by atoms with van der Waals surface area (Å²) < 4.78 is 0. The molecule has 13 heavy (non-hydrogen) atoms. The molecular formula is C9H12BrClN2. The summed E-state index contributed by atoms with van der Waals surface area (Å²) >= 11 is 9.20. The average molecular weight is 264 g/mol. The fourth-order valence-electron chi connectivity index (χ4n) is 1.00. The summed E-state index contributed by atoms with van der Waals surface area (Å²) in [7, 11) is 0. The first-order chi connectivity index (χ1) is 6.03. The summed E-state index contributed by atoms with van der Waals surface area (Å²) in [5, 5.41) is 1.40. The van der Waals surface area contributed by atoms with Gasteiger partial charge in [0.25, 0.3) is 0 Å². The molecule has 0 unspecified atom stereocenters. The average Bonchev–Trinajstić information content (AvgIpc) is 2.03. The molecule has 0 amide bonds. The molecule has 0 bridgehead atoms. The molecule has 0 spiro atoms. The van der Waals surface area contributed by atoms with Gasteiger partial charge in [-0.3, -0.25) is 4.98 Å². The number of rotatable bonds is 3. The van der Waals surface area contributed by atoms with Gasteiger partial charge in [-0.1, -0.05) is 41.4 Å². The smallest absolute Gasteiger partial charge is 0.147 e. The minimum Gasteiger partial charge on any atom is -0.260 e. The molecule has 0 aliphatic heterocycles. The molecule has 1 aromatic heterocycles. The largest absolute Gasteiger partial charge is 0.260 e. The monoisotopic (exact) mass is 262 g/mol. The van der Waals surface area contributed by atoms with Crippen molar-refractivity contribution in [1.82, 2.24) is 9.97 Å². The van der Waals surface area contributed by atoms with Gasteiger partial charge in [0, 0.05) is 11.5 Å². The maximum atomic E-state index is 5.73.